The summed E-state index contributed by atoms with van der Waals surface area (Å²) in [7, 11) is 4.45. The molecular weight excluding hydrogens is 384 g/mol. The summed E-state index contributed by atoms with van der Waals surface area (Å²) in [6.45, 7) is 7.67. The molecule has 0 aliphatic carbocycles. The molecule has 4 heterocycles. The molecule has 0 radical (unpaired) electrons. The lowest BCUT2D eigenvalue weighted by molar-refractivity contribution is 0.107. The summed E-state index contributed by atoms with van der Waals surface area (Å²) >= 11 is 0. The van der Waals surface area contributed by atoms with Gasteiger partial charge in [0.15, 0.2) is 0 Å². The predicted octanol–water partition coefficient (Wildman–Crippen LogP) is 4.30. The van der Waals surface area contributed by atoms with Gasteiger partial charge in [-0.1, -0.05) is 12.1 Å². The Morgan fingerprint density at radius 2 is 1.87 bits per heavy atom. The lowest BCUT2D eigenvalue weighted by atomic mass is 9.92. The van der Waals surface area contributed by atoms with Gasteiger partial charge in [0.1, 0.15) is 5.82 Å². The van der Waals surface area contributed by atoms with Crippen LogP contribution in [0.3, 0.4) is 0 Å². The number of aromatic nitrogens is 3. The molecule has 3 aromatic rings. The van der Waals surface area contributed by atoms with Crippen molar-refractivity contribution in [2.75, 3.05) is 38.6 Å². The number of anilines is 1. The quantitative estimate of drug-likeness (QED) is 0.687. The van der Waals surface area contributed by atoms with Gasteiger partial charge in [0, 0.05) is 31.9 Å². The van der Waals surface area contributed by atoms with Crippen molar-refractivity contribution < 1.29 is 0 Å². The van der Waals surface area contributed by atoms with Gasteiger partial charge in [0.05, 0.1) is 34.5 Å². The molecular formula is C25H34N6. The number of likely N-dealkylation sites (tertiary alicyclic amines) is 1. The van der Waals surface area contributed by atoms with Gasteiger partial charge in [-0.15, -0.1) is 0 Å². The minimum Gasteiger partial charge on any atom is -0.367 e. The van der Waals surface area contributed by atoms with Crippen LogP contribution in [0.1, 0.15) is 55.4 Å². The highest BCUT2D eigenvalue weighted by Gasteiger charge is 2.33. The van der Waals surface area contributed by atoms with Crippen molar-refractivity contribution in [1.29, 1.82) is 0 Å². The molecule has 31 heavy (non-hydrogen) atoms. The number of nitrogens with one attached hydrogen (secondary N) is 1. The summed E-state index contributed by atoms with van der Waals surface area (Å²) in [6.07, 6.45) is 5.38. The summed E-state index contributed by atoms with van der Waals surface area (Å²) in [5.74, 6) is 1.09. The summed E-state index contributed by atoms with van der Waals surface area (Å²) < 4.78 is 0. The van der Waals surface area contributed by atoms with Gasteiger partial charge >= 0.3 is 0 Å². The first-order valence-corrected chi connectivity index (χ1v) is 11.6. The molecule has 0 saturated carbocycles. The Balaban J connectivity index is 1.46. The van der Waals surface area contributed by atoms with Crippen LogP contribution in [0.15, 0.2) is 36.5 Å². The van der Waals surface area contributed by atoms with Gasteiger partial charge < -0.3 is 14.8 Å². The molecule has 1 aromatic carbocycles. The minimum absolute atomic E-state index is 0.284. The Morgan fingerprint density at radius 3 is 2.68 bits per heavy atom. The number of rotatable bonds is 3. The number of pyridine rings is 1. The number of para-hydroxylation sites is 1. The maximum Gasteiger partial charge on any atom is 0.124 e. The van der Waals surface area contributed by atoms with E-state index in [2.05, 4.69) is 71.9 Å². The number of hydrogen-bond donors (Lipinski definition) is 1. The maximum absolute atomic E-state index is 5.07. The van der Waals surface area contributed by atoms with Crippen molar-refractivity contribution in [2.24, 2.45) is 0 Å². The van der Waals surface area contributed by atoms with Crippen molar-refractivity contribution in [2.45, 2.75) is 51.2 Å². The molecule has 2 saturated heterocycles. The highest BCUT2D eigenvalue weighted by Crippen LogP contribution is 2.40. The number of benzene rings is 1. The molecule has 0 spiro atoms. The molecule has 2 aliphatic heterocycles. The molecule has 6 nitrogen and oxygen atoms in total. The van der Waals surface area contributed by atoms with Crippen molar-refractivity contribution in [3.63, 3.8) is 0 Å². The lowest BCUT2D eigenvalue weighted by Crippen LogP contribution is -2.50. The number of piperidine rings is 1. The summed E-state index contributed by atoms with van der Waals surface area (Å²) in [5.41, 5.74) is 6.02. The van der Waals surface area contributed by atoms with Gasteiger partial charge in [-0.25, -0.2) is 4.98 Å². The third-order valence-corrected chi connectivity index (χ3v) is 7.43. The SMILES string of the molecule is Cc1cccnc1[C@@H]1CCC[C@H](c2nc3cccc(N4CCN(C)C(C)C4)c3[nH]2)N1C. The van der Waals surface area contributed by atoms with Crippen LogP contribution in [0, 0.1) is 6.92 Å². The Bertz CT molecular complexity index is 1060. The van der Waals surface area contributed by atoms with E-state index in [0.717, 1.165) is 43.8 Å². The largest absolute Gasteiger partial charge is 0.367 e. The van der Waals surface area contributed by atoms with Crippen molar-refractivity contribution in [3.05, 3.63) is 53.6 Å². The monoisotopic (exact) mass is 418 g/mol. The molecule has 0 bridgehead atoms. The van der Waals surface area contributed by atoms with Crippen LogP contribution < -0.4 is 4.90 Å². The van der Waals surface area contributed by atoms with Crippen molar-refractivity contribution >= 4 is 16.7 Å². The van der Waals surface area contributed by atoms with Crippen LogP contribution in [-0.4, -0.2) is 64.5 Å². The second-order valence-electron chi connectivity index (χ2n) is 9.40. The first-order chi connectivity index (χ1) is 15.0. The molecule has 2 aliphatic rings. The third kappa shape index (κ3) is 3.72. The molecule has 0 amide bonds. The van der Waals surface area contributed by atoms with Gasteiger partial charge in [-0.3, -0.25) is 9.88 Å². The molecule has 164 valence electrons. The number of likely N-dealkylation sites (N-methyl/N-ethyl adjacent to an activating group) is 1. The van der Waals surface area contributed by atoms with E-state index < -0.39 is 0 Å². The maximum atomic E-state index is 5.07. The second-order valence-corrected chi connectivity index (χ2v) is 9.40. The molecule has 5 rings (SSSR count). The number of hydrogen-bond acceptors (Lipinski definition) is 5. The molecule has 6 heteroatoms. The highest BCUT2D eigenvalue weighted by molar-refractivity contribution is 5.89. The molecule has 2 fully saturated rings. The number of piperazine rings is 1. The zero-order valence-corrected chi connectivity index (χ0v) is 19.2. The van der Waals surface area contributed by atoms with Crippen molar-refractivity contribution in [3.8, 4) is 0 Å². The second kappa shape index (κ2) is 8.24. The van der Waals surface area contributed by atoms with E-state index >= 15 is 0 Å². The standard InChI is InChI=1S/C25H34N6/c1-17-8-7-13-26-23(17)20-10-6-12-22(30(20)4)25-27-19-9-5-11-21(24(19)28-25)31-15-14-29(3)18(2)16-31/h5,7-9,11,13,18,20,22H,6,10,12,14-16H2,1-4H3,(H,27,28)/t18?,20-,22+/m0/s1. The van der Waals surface area contributed by atoms with Crippen LogP contribution >= 0.6 is 0 Å². The van der Waals surface area contributed by atoms with Crippen LogP contribution in [0.25, 0.3) is 11.0 Å². The Morgan fingerprint density at radius 1 is 1.03 bits per heavy atom. The van der Waals surface area contributed by atoms with Crippen LogP contribution in [0.4, 0.5) is 5.69 Å². The van der Waals surface area contributed by atoms with Crippen LogP contribution in [0.5, 0.6) is 0 Å². The normalized spacial score (nSPS) is 25.9. The minimum atomic E-state index is 0.284. The third-order valence-electron chi connectivity index (χ3n) is 7.43. The number of nitrogens with zero attached hydrogens (tertiary/aromatic N) is 5. The van der Waals surface area contributed by atoms with Crippen LogP contribution in [0.2, 0.25) is 0 Å². The number of aryl methyl sites for hydroxylation is 1. The Labute approximate surface area is 185 Å². The van der Waals surface area contributed by atoms with E-state index in [-0.39, 0.29) is 6.04 Å². The smallest absolute Gasteiger partial charge is 0.124 e. The van der Waals surface area contributed by atoms with Gasteiger partial charge in [-0.2, -0.15) is 0 Å². The fraction of sp³-hybridized carbons (Fsp3) is 0.520. The fourth-order valence-corrected chi connectivity index (χ4v) is 5.36. The average molecular weight is 419 g/mol. The first-order valence-electron chi connectivity index (χ1n) is 11.6. The highest BCUT2D eigenvalue weighted by atomic mass is 15.3. The van der Waals surface area contributed by atoms with Crippen molar-refractivity contribution in [1.82, 2.24) is 24.8 Å². The Hall–Kier alpha value is -2.44. The lowest BCUT2D eigenvalue weighted by Gasteiger charge is -2.39. The number of H-pyrrole nitrogens is 1. The number of aromatic amines is 1. The van der Waals surface area contributed by atoms with E-state index in [1.165, 1.54) is 28.9 Å². The van der Waals surface area contributed by atoms with Gasteiger partial charge in [-0.05, 0) is 71.0 Å². The van der Waals surface area contributed by atoms with Gasteiger partial charge in [0.2, 0.25) is 0 Å². The number of imidazole rings is 1. The zero-order chi connectivity index (χ0) is 21.5. The predicted molar refractivity (Wildman–Crippen MR) is 126 cm³/mol. The molecule has 1 unspecified atom stereocenters. The summed E-state index contributed by atoms with van der Waals surface area (Å²) in [6, 6.07) is 11.9. The number of fused-ring (bicyclic) bond motifs is 1. The average Bonchev–Trinajstić information content (AvgIpc) is 3.21. The van der Waals surface area contributed by atoms with E-state index in [4.69, 9.17) is 9.97 Å². The first kappa shape index (κ1) is 20.5. The molecule has 3 atom stereocenters. The van der Waals surface area contributed by atoms with E-state index in [1.807, 2.05) is 12.3 Å². The van der Waals surface area contributed by atoms with Crippen LogP contribution in [-0.2, 0) is 0 Å². The van der Waals surface area contributed by atoms with Gasteiger partial charge in [0.25, 0.3) is 0 Å². The zero-order valence-electron chi connectivity index (χ0n) is 19.2. The molecule has 2 aromatic heterocycles. The topological polar surface area (TPSA) is 51.3 Å². The summed E-state index contributed by atoms with van der Waals surface area (Å²) in [4.78, 5) is 21.0. The van der Waals surface area contributed by atoms with E-state index in [9.17, 15) is 0 Å². The molecule has 1 N–H and O–H groups in total. The van der Waals surface area contributed by atoms with E-state index in [1.54, 1.807) is 0 Å². The summed E-state index contributed by atoms with van der Waals surface area (Å²) in [5, 5.41) is 0. The fourth-order valence-electron chi connectivity index (χ4n) is 5.36. The van der Waals surface area contributed by atoms with E-state index in [0.29, 0.717) is 12.1 Å². The Kier molecular flexibility index (Phi) is 5.44.